The highest BCUT2D eigenvalue weighted by Crippen LogP contribution is 2.34. The van der Waals surface area contributed by atoms with Gasteiger partial charge in [-0.05, 0) is 56.7 Å². The molecule has 0 radical (unpaired) electrons. The number of rotatable bonds is 6. The van der Waals surface area contributed by atoms with Gasteiger partial charge in [-0.3, -0.25) is 9.59 Å². The minimum absolute atomic E-state index is 0.0681. The van der Waals surface area contributed by atoms with Crippen LogP contribution in [0, 0.1) is 0 Å². The Morgan fingerprint density at radius 2 is 1.77 bits per heavy atom. The van der Waals surface area contributed by atoms with Crippen molar-refractivity contribution in [2.75, 3.05) is 12.4 Å². The van der Waals surface area contributed by atoms with Crippen molar-refractivity contribution in [2.24, 2.45) is 0 Å². The monoisotopic (exact) mass is 436 g/mol. The molecule has 2 amide bonds. The van der Waals surface area contributed by atoms with Gasteiger partial charge in [-0.25, -0.2) is 0 Å². The molecule has 9 heteroatoms. The molecule has 1 unspecified atom stereocenters. The second-order valence-electron chi connectivity index (χ2n) is 7.42. The Hall–Kier alpha value is -3.23. The Kier molecular flexibility index (Phi) is 6.42. The summed E-state index contributed by atoms with van der Waals surface area (Å²) in [6, 6.07) is 8.27. The van der Waals surface area contributed by atoms with Crippen LogP contribution in [0.5, 0.6) is 17.2 Å². The van der Waals surface area contributed by atoms with Gasteiger partial charge in [0.15, 0.2) is 0 Å². The number of benzene rings is 2. The van der Waals surface area contributed by atoms with Crippen LogP contribution < -0.4 is 14.8 Å². The van der Waals surface area contributed by atoms with Crippen molar-refractivity contribution in [1.82, 2.24) is 4.90 Å². The molecule has 1 aliphatic heterocycles. The predicted octanol–water partition coefficient (Wildman–Crippen LogP) is 4.84. The standard InChI is InChI=1S/C22H23F3N2O4/c1-13(2)27-18(9-11-20(27)28)21(29)26-17-12-16(8-10-19(17)30-3)31-15-6-4-14(5-7-15)22(23,24)25/h4-8,10,12-13,18H,9,11H2,1-3H3,(H,26,29). The van der Waals surface area contributed by atoms with Crippen molar-refractivity contribution in [3.63, 3.8) is 0 Å². The van der Waals surface area contributed by atoms with Crippen LogP contribution in [0.2, 0.25) is 0 Å². The first kappa shape index (κ1) is 22.5. The molecule has 0 aliphatic carbocycles. The zero-order valence-corrected chi connectivity index (χ0v) is 17.3. The molecule has 31 heavy (non-hydrogen) atoms. The minimum Gasteiger partial charge on any atom is -0.495 e. The molecule has 166 valence electrons. The Bertz CT molecular complexity index is 958. The van der Waals surface area contributed by atoms with Gasteiger partial charge in [-0.15, -0.1) is 0 Å². The highest BCUT2D eigenvalue weighted by Gasteiger charge is 2.37. The van der Waals surface area contributed by atoms with Crippen LogP contribution in [0.3, 0.4) is 0 Å². The molecular formula is C22H23F3N2O4. The molecule has 1 atom stereocenters. The maximum absolute atomic E-state index is 12.8. The first-order valence-electron chi connectivity index (χ1n) is 9.75. The van der Waals surface area contributed by atoms with Crippen LogP contribution in [0.1, 0.15) is 32.3 Å². The molecule has 1 saturated heterocycles. The number of anilines is 1. The highest BCUT2D eigenvalue weighted by molar-refractivity contribution is 6.00. The van der Waals surface area contributed by atoms with E-state index in [2.05, 4.69) is 5.32 Å². The van der Waals surface area contributed by atoms with E-state index in [4.69, 9.17) is 9.47 Å². The van der Waals surface area contributed by atoms with Gasteiger partial charge in [0.05, 0.1) is 18.4 Å². The van der Waals surface area contributed by atoms with Gasteiger partial charge in [-0.2, -0.15) is 13.2 Å². The number of hydrogen-bond donors (Lipinski definition) is 1. The van der Waals surface area contributed by atoms with Crippen molar-refractivity contribution < 1.29 is 32.2 Å². The summed E-state index contributed by atoms with van der Waals surface area (Å²) in [5.41, 5.74) is -0.441. The number of nitrogens with zero attached hydrogens (tertiary/aromatic N) is 1. The van der Waals surface area contributed by atoms with E-state index in [1.165, 1.54) is 25.3 Å². The van der Waals surface area contributed by atoms with Gasteiger partial charge in [0.1, 0.15) is 23.3 Å². The molecule has 6 nitrogen and oxygen atoms in total. The van der Waals surface area contributed by atoms with Crippen molar-refractivity contribution >= 4 is 17.5 Å². The summed E-state index contributed by atoms with van der Waals surface area (Å²) >= 11 is 0. The maximum atomic E-state index is 12.8. The summed E-state index contributed by atoms with van der Waals surface area (Å²) in [6.07, 6.45) is -3.70. The summed E-state index contributed by atoms with van der Waals surface area (Å²) in [5.74, 6) is 0.487. The number of carbonyl (C=O) groups is 2. The molecule has 2 aromatic carbocycles. The number of ether oxygens (including phenoxy) is 2. The Morgan fingerprint density at radius 1 is 1.13 bits per heavy atom. The lowest BCUT2D eigenvalue weighted by molar-refractivity contribution is -0.137. The first-order valence-corrected chi connectivity index (χ1v) is 9.75. The molecule has 3 rings (SSSR count). The predicted molar refractivity (Wildman–Crippen MR) is 108 cm³/mol. The fourth-order valence-corrected chi connectivity index (χ4v) is 3.52. The van der Waals surface area contributed by atoms with E-state index in [-0.39, 0.29) is 23.6 Å². The van der Waals surface area contributed by atoms with Crippen LogP contribution >= 0.6 is 0 Å². The normalized spacial score (nSPS) is 16.5. The molecule has 2 aromatic rings. The van der Waals surface area contributed by atoms with Crippen LogP contribution in [-0.4, -0.2) is 35.9 Å². The van der Waals surface area contributed by atoms with E-state index in [0.29, 0.717) is 30.0 Å². The molecule has 0 spiro atoms. The summed E-state index contributed by atoms with van der Waals surface area (Å²) in [5, 5.41) is 2.78. The lowest BCUT2D eigenvalue weighted by Gasteiger charge is -2.28. The number of halogens is 3. The number of likely N-dealkylation sites (tertiary alicyclic amines) is 1. The third kappa shape index (κ3) is 5.10. The average Bonchev–Trinajstić information content (AvgIpc) is 3.10. The van der Waals surface area contributed by atoms with Gasteiger partial charge < -0.3 is 19.7 Å². The number of alkyl halides is 3. The summed E-state index contributed by atoms with van der Waals surface area (Å²) < 4.78 is 49.1. The van der Waals surface area contributed by atoms with Gasteiger partial charge in [0.2, 0.25) is 11.8 Å². The zero-order valence-electron chi connectivity index (χ0n) is 17.3. The molecule has 0 aromatic heterocycles. The van der Waals surface area contributed by atoms with E-state index < -0.39 is 17.8 Å². The SMILES string of the molecule is COc1ccc(Oc2ccc(C(F)(F)F)cc2)cc1NC(=O)C1CCC(=O)N1C(C)C. The summed E-state index contributed by atoms with van der Waals surface area (Å²) in [4.78, 5) is 26.5. The number of carbonyl (C=O) groups excluding carboxylic acids is 2. The van der Waals surface area contributed by atoms with Gasteiger partial charge in [0, 0.05) is 18.5 Å². The van der Waals surface area contributed by atoms with Crippen molar-refractivity contribution in [2.45, 2.75) is 44.9 Å². The molecule has 1 aliphatic rings. The van der Waals surface area contributed by atoms with Crippen LogP contribution in [-0.2, 0) is 15.8 Å². The number of nitrogens with one attached hydrogen (secondary N) is 1. The Balaban J connectivity index is 1.78. The molecule has 1 N–H and O–H groups in total. The quantitative estimate of drug-likeness (QED) is 0.703. The summed E-state index contributed by atoms with van der Waals surface area (Å²) in [6.45, 7) is 3.70. The van der Waals surface area contributed by atoms with Crippen LogP contribution in [0.4, 0.5) is 18.9 Å². The van der Waals surface area contributed by atoms with E-state index >= 15 is 0 Å². The summed E-state index contributed by atoms with van der Waals surface area (Å²) in [7, 11) is 1.45. The van der Waals surface area contributed by atoms with Gasteiger partial charge >= 0.3 is 6.18 Å². The lowest BCUT2D eigenvalue weighted by Crippen LogP contribution is -2.45. The molecule has 0 bridgehead atoms. The largest absolute Gasteiger partial charge is 0.495 e. The third-order valence-electron chi connectivity index (χ3n) is 4.96. The fraction of sp³-hybridized carbons (Fsp3) is 0.364. The van der Waals surface area contributed by atoms with E-state index in [9.17, 15) is 22.8 Å². The van der Waals surface area contributed by atoms with E-state index in [1.54, 1.807) is 17.0 Å². The molecule has 1 fully saturated rings. The number of methoxy groups -OCH3 is 1. The molecule has 0 saturated carbocycles. The number of hydrogen-bond acceptors (Lipinski definition) is 4. The van der Waals surface area contributed by atoms with E-state index in [0.717, 1.165) is 12.1 Å². The Morgan fingerprint density at radius 3 is 2.35 bits per heavy atom. The second kappa shape index (κ2) is 8.87. The zero-order chi connectivity index (χ0) is 22.8. The average molecular weight is 436 g/mol. The van der Waals surface area contributed by atoms with Crippen molar-refractivity contribution in [1.29, 1.82) is 0 Å². The van der Waals surface area contributed by atoms with E-state index in [1.807, 2.05) is 13.8 Å². The van der Waals surface area contributed by atoms with Crippen molar-refractivity contribution in [3.8, 4) is 17.2 Å². The van der Waals surface area contributed by atoms with Gasteiger partial charge in [0.25, 0.3) is 0 Å². The fourth-order valence-electron chi connectivity index (χ4n) is 3.52. The smallest absolute Gasteiger partial charge is 0.416 e. The lowest BCUT2D eigenvalue weighted by atomic mass is 10.1. The second-order valence-corrected chi connectivity index (χ2v) is 7.42. The van der Waals surface area contributed by atoms with Crippen LogP contribution in [0.15, 0.2) is 42.5 Å². The maximum Gasteiger partial charge on any atom is 0.416 e. The Labute approximate surface area is 177 Å². The van der Waals surface area contributed by atoms with Crippen LogP contribution in [0.25, 0.3) is 0 Å². The van der Waals surface area contributed by atoms with Crippen molar-refractivity contribution in [3.05, 3.63) is 48.0 Å². The molecule has 1 heterocycles. The third-order valence-corrected chi connectivity index (χ3v) is 4.96. The van der Waals surface area contributed by atoms with Gasteiger partial charge in [-0.1, -0.05) is 0 Å². The highest BCUT2D eigenvalue weighted by atomic mass is 19.4. The molecular weight excluding hydrogens is 413 g/mol. The topological polar surface area (TPSA) is 67.9 Å². The first-order chi connectivity index (χ1) is 14.6. The minimum atomic E-state index is -4.43. The number of amides is 2.